The fraction of sp³-hybridized carbons (Fsp3) is 0.0541. The highest BCUT2D eigenvalue weighted by molar-refractivity contribution is 5.89. The van der Waals surface area contributed by atoms with E-state index in [0.717, 1.165) is 0 Å². The zero-order valence-corrected chi connectivity index (χ0v) is 21.1. The van der Waals surface area contributed by atoms with Crippen LogP contribution in [0.2, 0.25) is 0 Å². The molecular formula is C37H27N. The van der Waals surface area contributed by atoms with E-state index in [-0.39, 0.29) is 0 Å². The van der Waals surface area contributed by atoms with Gasteiger partial charge < -0.3 is 0 Å². The normalized spacial score (nSPS) is 13.3. The van der Waals surface area contributed by atoms with Gasteiger partial charge in [-0.2, -0.15) is 5.26 Å². The van der Waals surface area contributed by atoms with E-state index in [4.69, 9.17) is 0 Å². The third-order valence-electron chi connectivity index (χ3n) is 7.63. The number of nitriles is 1. The summed E-state index contributed by atoms with van der Waals surface area (Å²) in [7, 11) is 0. The predicted molar refractivity (Wildman–Crippen MR) is 157 cm³/mol. The van der Waals surface area contributed by atoms with Crippen molar-refractivity contribution >= 4 is 0 Å². The molecule has 0 amide bonds. The molecule has 38 heavy (non-hydrogen) atoms. The molecule has 1 aliphatic rings. The van der Waals surface area contributed by atoms with Crippen molar-refractivity contribution in [2.45, 2.75) is 11.8 Å². The third-order valence-corrected chi connectivity index (χ3v) is 7.63. The molecule has 0 atom stereocenters. The predicted octanol–water partition coefficient (Wildman–Crippen LogP) is 8.90. The van der Waals surface area contributed by atoms with Crippen molar-refractivity contribution < 1.29 is 0 Å². The molecule has 5 aromatic rings. The van der Waals surface area contributed by atoms with E-state index in [1.165, 1.54) is 50.1 Å². The van der Waals surface area contributed by atoms with E-state index >= 15 is 0 Å². The standard InChI is InChI=1S/C37H27N/c1-2-27(26-38)18-19-28-20-22-35-33(24-28)34-25-30(29-12-6-3-7-13-29)21-23-36(34)37(35,31-14-8-4-9-15-31)32-16-10-5-11-17-32/h2-18,20-25H,1,19H2/b27-18+. The smallest absolute Gasteiger partial charge is 0.0988 e. The lowest BCUT2D eigenvalue weighted by Gasteiger charge is -2.34. The van der Waals surface area contributed by atoms with Gasteiger partial charge in [-0.1, -0.05) is 140 Å². The summed E-state index contributed by atoms with van der Waals surface area (Å²) in [5.74, 6) is 0. The van der Waals surface area contributed by atoms with E-state index < -0.39 is 5.41 Å². The molecular weight excluding hydrogens is 458 g/mol. The minimum atomic E-state index is -0.421. The van der Waals surface area contributed by atoms with Crippen molar-refractivity contribution in [2.75, 3.05) is 0 Å². The molecule has 5 aromatic carbocycles. The molecule has 0 unspecified atom stereocenters. The summed E-state index contributed by atoms with van der Waals surface area (Å²) in [4.78, 5) is 0. The van der Waals surface area contributed by atoms with Gasteiger partial charge in [-0.05, 0) is 62.6 Å². The summed E-state index contributed by atoms with van der Waals surface area (Å²) in [6.07, 6.45) is 4.25. The largest absolute Gasteiger partial charge is 0.192 e. The highest BCUT2D eigenvalue weighted by atomic mass is 14.5. The number of hydrogen-bond donors (Lipinski definition) is 0. The lowest BCUT2D eigenvalue weighted by molar-refractivity contribution is 0.768. The van der Waals surface area contributed by atoms with Crippen molar-refractivity contribution in [2.24, 2.45) is 0 Å². The van der Waals surface area contributed by atoms with Crippen LogP contribution < -0.4 is 0 Å². The monoisotopic (exact) mass is 485 g/mol. The molecule has 1 nitrogen and oxygen atoms in total. The Kier molecular flexibility index (Phi) is 6.08. The summed E-state index contributed by atoms with van der Waals surface area (Å²) in [5.41, 5.74) is 11.3. The van der Waals surface area contributed by atoms with E-state index in [0.29, 0.717) is 12.0 Å². The number of allylic oxidation sites excluding steroid dienone is 3. The fourth-order valence-corrected chi connectivity index (χ4v) is 5.88. The van der Waals surface area contributed by atoms with Crippen molar-refractivity contribution in [1.82, 2.24) is 0 Å². The molecule has 0 saturated carbocycles. The molecule has 0 aromatic heterocycles. The number of benzene rings is 5. The molecule has 0 bridgehead atoms. The fourth-order valence-electron chi connectivity index (χ4n) is 5.88. The van der Waals surface area contributed by atoms with Crippen molar-refractivity contribution in [3.05, 3.63) is 180 Å². The maximum absolute atomic E-state index is 9.36. The van der Waals surface area contributed by atoms with Crippen LogP contribution in [0.3, 0.4) is 0 Å². The van der Waals surface area contributed by atoms with Gasteiger partial charge in [-0.3, -0.25) is 0 Å². The maximum Gasteiger partial charge on any atom is 0.0988 e. The van der Waals surface area contributed by atoms with E-state index in [2.05, 4.69) is 140 Å². The van der Waals surface area contributed by atoms with Crippen LogP contribution in [0.5, 0.6) is 0 Å². The Balaban J connectivity index is 1.65. The summed E-state index contributed by atoms with van der Waals surface area (Å²) in [6.45, 7) is 3.77. The van der Waals surface area contributed by atoms with Crippen LogP contribution in [0.25, 0.3) is 22.3 Å². The van der Waals surface area contributed by atoms with Gasteiger partial charge in [0, 0.05) is 5.57 Å². The zero-order valence-electron chi connectivity index (χ0n) is 21.1. The lowest BCUT2D eigenvalue weighted by atomic mass is 9.67. The molecule has 0 spiro atoms. The van der Waals surface area contributed by atoms with Gasteiger partial charge in [0.2, 0.25) is 0 Å². The minimum Gasteiger partial charge on any atom is -0.192 e. The van der Waals surface area contributed by atoms with E-state index in [1.54, 1.807) is 6.08 Å². The van der Waals surface area contributed by atoms with Gasteiger partial charge in [0.1, 0.15) is 0 Å². The van der Waals surface area contributed by atoms with E-state index in [9.17, 15) is 5.26 Å². The Bertz CT molecular complexity index is 1650. The SMILES string of the molecule is C=C/C(C#N)=C\Cc1ccc2c(c1)-c1cc(-c3ccccc3)ccc1C2(c1ccccc1)c1ccccc1. The summed E-state index contributed by atoms with van der Waals surface area (Å²) < 4.78 is 0. The van der Waals surface area contributed by atoms with Gasteiger partial charge in [0.15, 0.2) is 0 Å². The second-order valence-electron chi connectivity index (χ2n) is 9.67. The molecule has 0 aliphatic heterocycles. The highest BCUT2D eigenvalue weighted by Crippen LogP contribution is 2.56. The molecule has 180 valence electrons. The third kappa shape index (κ3) is 3.79. The second kappa shape index (κ2) is 9.85. The number of rotatable bonds is 6. The van der Waals surface area contributed by atoms with Crippen LogP contribution in [0.15, 0.2) is 152 Å². The maximum atomic E-state index is 9.36. The quantitative estimate of drug-likeness (QED) is 0.171. The number of nitrogens with zero attached hydrogens (tertiary/aromatic N) is 1. The number of hydrogen-bond acceptors (Lipinski definition) is 1. The van der Waals surface area contributed by atoms with Crippen molar-refractivity contribution in [3.8, 4) is 28.3 Å². The first-order chi connectivity index (χ1) is 18.8. The van der Waals surface area contributed by atoms with Gasteiger partial charge in [0.25, 0.3) is 0 Å². The van der Waals surface area contributed by atoms with Crippen LogP contribution >= 0.6 is 0 Å². The highest BCUT2D eigenvalue weighted by Gasteiger charge is 2.46. The molecule has 0 radical (unpaired) electrons. The average Bonchev–Trinajstić information content (AvgIpc) is 3.29. The van der Waals surface area contributed by atoms with Gasteiger partial charge in [-0.25, -0.2) is 0 Å². The van der Waals surface area contributed by atoms with Crippen molar-refractivity contribution in [3.63, 3.8) is 0 Å². The zero-order chi connectivity index (χ0) is 26.0. The lowest BCUT2D eigenvalue weighted by Crippen LogP contribution is -2.28. The number of fused-ring (bicyclic) bond motifs is 3. The topological polar surface area (TPSA) is 23.8 Å². The van der Waals surface area contributed by atoms with Crippen LogP contribution in [0.1, 0.15) is 27.8 Å². The van der Waals surface area contributed by atoms with Gasteiger partial charge in [0.05, 0.1) is 11.5 Å². The van der Waals surface area contributed by atoms with Crippen LogP contribution in [0, 0.1) is 11.3 Å². The second-order valence-corrected chi connectivity index (χ2v) is 9.67. The Hall–Kier alpha value is -4.93. The molecule has 0 saturated heterocycles. The first-order valence-corrected chi connectivity index (χ1v) is 12.9. The van der Waals surface area contributed by atoms with Crippen LogP contribution in [0.4, 0.5) is 0 Å². The van der Waals surface area contributed by atoms with Crippen molar-refractivity contribution in [1.29, 1.82) is 5.26 Å². The Morgan fingerprint density at radius 2 is 1.21 bits per heavy atom. The molecule has 0 fully saturated rings. The molecule has 0 heterocycles. The Morgan fingerprint density at radius 1 is 0.658 bits per heavy atom. The Morgan fingerprint density at radius 3 is 1.79 bits per heavy atom. The summed E-state index contributed by atoms with van der Waals surface area (Å²) >= 11 is 0. The summed E-state index contributed by atoms with van der Waals surface area (Å²) in [6, 6.07) is 48.2. The average molecular weight is 486 g/mol. The molecule has 1 aliphatic carbocycles. The molecule has 6 rings (SSSR count). The van der Waals surface area contributed by atoms with Crippen LogP contribution in [-0.4, -0.2) is 0 Å². The minimum absolute atomic E-state index is 0.421. The summed E-state index contributed by atoms with van der Waals surface area (Å²) in [5, 5.41) is 9.36. The first-order valence-electron chi connectivity index (χ1n) is 12.9. The first kappa shape index (κ1) is 23.5. The molecule has 0 N–H and O–H groups in total. The van der Waals surface area contributed by atoms with Crippen LogP contribution in [-0.2, 0) is 11.8 Å². The van der Waals surface area contributed by atoms with Gasteiger partial charge >= 0.3 is 0 Å². The van der Waals surface area contributed by atoms with E-state index in [1.807, 2.05) is 6.08 Å². The van der Waals surface area contributed by atoms with Gasteiger partial charge in [-0.15, -0.1) is 0 Å². The Labute approximate surface area is 224 Å². The molecule has 1 heteroatoms.